The zero-order chi connectivity index (χ0) is 14.1. The van der Waals surface area contributed by atoms with Crippen LogP contribution in [0.3, 0.4) is 0 Å². The molecule has 1 saturated carbocycles. The molecule has 2 nitrogen and oxygen atoms in total. The number of carboxylic acid groups (broad SMARTS) is 1. The molecule has 1 N–H and O–H groups in total. The molecule has 2 aliphatic rings. The van der Waals surface area contributed by atoms with Gasteiger partial charge in [-0.15, -0.1) is 0 Å². The summed E-state index contributed by atoms with van der Waals surface area (Å²) in [5.74, 6) is -0.283. The Morgan fingerprint density at radius 2 is 1.79 bits per heavy atom. The van der Waals surface area contributed by atoms with Crippen molar-refractivity contribution in [3.8, 4) is 0 Å². The molecule has 0 aromatic rings. The molecule has 1 fully saturated rings. The molecule has 19 heavy (non-hydrogen) atoms. The van der Waals surface area contributed by atoms with Crippen molar-refractivity contribution in [2.75, 3.05) is 0 Å². The smallest absolute Gasteiger partial charge is 0.314 e. The fourth-order valence-electron chi connectivity index (χ4n) is 4.01. The zero-order valence-corrected chi connectivity index (χ0v) is 12.4. The molecule has 0 aliphatic heterocycles. The largest absolute Gasteiger partial charge is 0.481 e. The SMILES string of the molecule is CC(C)(C)C1C=CC=CC1(C(=O)O)C1CCCCC1. The van der Waals surface area contributed by atoms with Crippen molar-refractivity contribution < 1.29 is 9.90 Å². The van der Waals surface area contributed by atoms with Gasteiger partial charge in [-0.1, -0.05) is 64.3 Å². The van der Waals surface area contributed by atoms with E-state index in [2.05, 4.69) is 26.8 Å². The highest BCUT2D eigenvalue weighted by molar-refractivity contribution is 5.79. The first-order valence-electron chi connectivity index (χ1n) is 7.48. The van der Waals surface area contributed by atoms with E-state index in [1.54, 1.807) is 0 Å². The quantitative estimate of drug-likeness (QED) is 0.799. The normalized spacial score (nSPS) is 32.5. The lowest BCUT2D eigenvalue weighted by Gasteiger charge is -2.48. The first-order chi connectivity index (χ1) is 8.89. The molecule has 2 atom stereocenters. The van der Waals surface area contributed by atoms with E-state index in [4.69, 9.17) is 0 Å². The second kappa shape index (κ2) is 5.15. The van der Waals surface area contributed by atoms with Crippen molar-refractivity contribution in [3.63, 3.8) is 0 Å². The molecule has 0 amide bonds. The molecule has 0 spiro atoms. The second-order valence-corrected chi connectivity index (χ2v) is 7.16. The van der Waals surface area contributed by atoms with Gasteiger partial charge in [-0.25, -0.2) is 0 Å². The fourth-order valence-corrected chi connectivity index (χ4v) is 4.01. The number of carboxylic acids is 1. The monoisotopic (exact) mass is 262 g/mol. The maximum Gasteiger partial charge on any atom is 0.314 e. The minimum atomic E-state index is -0.701. The van der Waals surface area contributed by atoms with Crippen LogP contribution in [0.2, 0.25) is 0 Å². The summed E-state index contributed by atoms with van der Waals surface area (Å²) >= 11 is 0. The summed E-state index contributed by atoms with van der Waals surface area (Å²) < 4.78 is 0. The summed E-state index contributed by atoms with van der Waals surface area (Å²) in [6, 6.07) is 0. The van der Waals surface area contributed by atoms with Crippen LogP contribution < -0.4 is 0 Å². The zero-order valence-electron chi connectivity index (χ0n) is 12.4. The van der Waals surface area contributed by atoms with Crippen LogP contribution in [0.4, 0.5) is 0 Å². The molecule has 2 aliphatic carbocycles. The molecular formula is C17H26O2. The third-order valence-corrected chi connectivity index (χ3v) is 4.89. The average Bonchev–Trinajstić information content (AvgIpc) is 2.38. The Balaban J connectivity index is 2.43. The van der Waals surface area contributed by atoms with E-state index >= 15 is 0 Å². The first kappa shape index (κ1) is 14.4. The number of aliphatic carboxylic acids is 1. The van der Waals surface area contributed by atoms with E-state index < -0.39 is 11.4 Å². The summed E-state index contributed by atoms with van der Waals surface area (Å²) in [7, 11) is 0. The van der Waals surface area contributed by atoms with Crippen LogP contribution in [0, 0.1) is 22.7 Å². The van der Waals surface area contributed by atoms with Gasteiger partial charge < -0.3 is 5.11 Å². The van der Waals surface area contributed by atoms with Crippen molar-refractivity contribution in [2.45, 2.75) is 52.9 Å². The van der Waals surface area contributed by atoms with E-state index in [0.29, 0.717) is 0 Å². The van der Waals surface area contributed by atoms with Crippen LogP contribution in [0.5, 0.6) is 0 Å². The van der Waals surface area contributed by atoms with E-state index in [-0.39, 0.29) is 17.3 Å². The highest BCUT2D eigenvalue weighted by Gasteiger charge is 2.53. The lowest BCUT2D eigenvalue weighted by Crippen LogP contribution is -2.49. The third-order valence-electron chi connectivity index (χ3n) is 4.89. The molecule has 2 rings (SSSR count). The maximum atomic E-state index is 12.1. The fraction of sp³-hybridized carbons (Fsp3) is 0.706. The predicted molar refractivity (Wildman–Crippen MR) is 77.9 cm³/mol. The topological polar surface area (TPSA) is 37.3 Å². The standard InChI is InChI=1S/C17H26O2/c1-16(2,3)14-11-7-8-12-17(14,15(18)19)13-9-5-4-6-10-13/h7-8,11-14H,4-6,9-10H2,1-3H3,(H,18,19). The summed E-state index contributed by atoms with van der Waals surface area (Å²) in [6.45, 7) is 6.46. The molecule has 0 bridgehead atoms. The number of allylic oxidation sites excluding steroid dienone is 3. The molecule has 2 heteroatoms. The molecule has 0 heterocycles. The summed E-state index contributed by atoms with van der Waals surface area (Å²) in [5, 5.41) is 9.99. The van der Waals surface area contributed by atoms with Gasteiger partial charge in [-0.2, -0.15) is 0 Å². The van der Waals surface area contributed by atoms with E-state index in [1.165, 1.54) is 19.3 Å². The van der Waals surface area contributed by atoms with Crippen molar-refractivity contribution in [1.29, 1.82) is 0 Å². The van der Waals surface area contributed by atoms with Crippen LogP contribution in [0.1, 0.15) is 52.9 Å². The van der Waals surface area contributed by atoms with Gasteiger partial charge in [-0.05, 0) is 24.2 Å². The second-order valence-electron chi connectivity index (χ2n) is 7.16. The molecule has 0 aromatic heterocycles. The van der Waals surface area contributed by atoms with E-state index in [9.17, 15) is 9.90 Å². The summed E-state index contributed by atoms with van der Waals surface area (Å²) in [6.07, 6.45) is 13.7. The summed E-state index contributed by atoms with van der Waals surface area (Å²) in [4.78, 5) is 12.1. The van der Waals surface area contributed by atoms with Crippen molar-refractivity contribution in [3.05, 3.63) is 24.3 Å². The average molecular weight is 262 g/mol. The van der Waals surface area contributed by atoms with E-state index in [1.807, 2.05) is 18.2 Å². The van der Waals surface area contributed by atoms with Crippen molar-refractivity contribution in [1.82, 2.24) is 0 Å². The molecule has 0 saturated heterocycles. The minimum absolute atomic E-state index is 0.0307. The van der Waals surface area contributed by atoms with Crippen LogP contribution in [-0.4, -0.2) is 11.1 Å². The molecule has 106 valence electrons. The Morgan fingerprint density at radius 1 is 1.16 bits per heavy atom. The lowest BCUT2D eigenvalue weighted by atomic mass is 9.54. The maximum absolute atomic E-state index is 12.1. The van der Waals surface area contributed by atoms with Gasteiger partial charge in [-0.3, -0.25) is 4.79 Å². The molecular weight excluding hydrogens is 236 g/mol. The number of hydrogen-bond acceptors (Lipinski definition) is 1. The van der Waals surface area contributed by atoms with Gasteiger partial charge in [0.2, 0.25) is 0 Å². The predicted octanol–water partition coefficient (Wildman–Crippen LogP) is 4.43. The molecule has 2 unspecified atom stereocenters. The molecule has 0 radical (unpaired) electrons. The summed E-state index contributed by atoms with van der Waals surface area (Å²) in [5.41, 5.74) is -0.732. The number of rotatable bonds is 2. The highest BCUT2D eigenvalue weighted by Crippen LogP contribution is 2.53. The van der Waals surface area contributed by atoms with Crippen LogP contribution in [0.25, 0.3) is 0 Å². The van der Waals surface area contributed by atoms with E-state index in [0.717, 1.165) is 12.8 Å². The Hall–Kier alpha value is -1.05. The number of carbonyl (C=O) groups is 1. The van der Waals surface area contributed by atoms with Crippen molar-refractivity contribution >= 4 is 5.97 Å². The Labute approximate surface area is 116 Å². The van der Waals surface area contributed by atoms with Gasteiger partial charge in [0, 0.05) is 5.92 Å². The minimum Gasteiger partial charge on any atom is -0.481 e. The van der Waals surface area contributed by atoms with Crippen LogP contribution >= 0.6 is 0 Å². The van der Waals surface area contributed by atoms with Crippen LogP contribution in [0.15, 0.2) is 24.3 Å². The lowest BCUT2D eigenvalue weighted by molar-refractivity contribution is -0.155. The van der Waals surface area contributed by atoms with Gasteiger partial charge in [0.05, 0.1) is 5.41 Å². The Bertz CT molecular complexity index is 394. The van der Waals surface area contributed by atoms with Gasteiger partial charge in [0.15, 0.2) is 0 Å². The third kappa shape index (κ3) is 2.50. The first-order valence-corrected chi connectivity index (χ1v) is 7.48. The van der Waals surface area contributed by atoms with Gasteiger partial charge >= 0.3 is 5.97 Å². The van der Waals surface area contributed by atoms with Gasteiger partial charge in [0.25, 0.3) is 0 Å². The van der Waals surface area contributed by atoms with Gasteiger partial charge in [0.1, 0.15) is 0 Å². The van der Waals surface area contributed by atoms with Crippen LogP contribution in [-0.2, 0) is 4.79 Å². The Morgan fingerprint density at radius 3 is 2.32 bits per heavy atom. The Kier molecular flexibility index (Phi) is 3.89. The molecule has 0 aromatic carbocycles. The number of hydrogen-bond donors (Lipinski definition) is 1. The highest BCUT2D eigenvalue weighted by atomic mass is 16.4. The van der Waals surface area contributed by atoms with Crippen molar-refractivity contribution in [2.24, 2.45) is 22.7 Å².